The van der Waals surface area contributed by atoms with Crippen molar-refractivity contribution in [2.24, 2.45) is 28.2 Å². The Hall–Kier alpha value is -15.6. The fourth-order valence-corrected chi connectivity index (χ4v) is 9.54. The Bertz CT molecular complexity index is 5790. The lowest BCUT2D eigenvalue weighted by molar-refractivity contribution is 0.519. The fourth-order valence-electron chi connectivity index (χ4n) is 9.54. The molecule has 22 rings (SSSR count). The van der Waals surface area contributed by atoms with E-state index in [9.17, 15) is 9.59 Å². The largest absolute Gasteiger partial charge is 0.431 e. The summed E-state index contributed by atoms with van der Waals surface area (Å²) in [6, 6.07) is 35.2. The van der Waals surface area contributed by atoms with Crippen LogP contribution in [-0.2, 0) is 28.2 Å². The summed E-state index contributed by atoms with van der Waals surface area (Å²) < 4.78 is 19.2. The van der Waals surface area contributed by atoms with Crippen LogP contribution in [0.1, 0.15) is 152 Å². The van der Waals surface area contributed by atoms with Gasteiger partial charge in [0, 0.05) is 108 Å². The van der Waals surface area contributed by atoms with E-state index in [0.717, 1.165) is 88.8 Å². The van der Waals surface area contributed by atoms with E-state index in [1.165, 1.54) is 25.0 Å². The van der Waals surface area contributed by atoms with Gasteiger partial charge in [-0.1, -0.05) is 189 Å². The van der Waals surface area contributed by atoms with E-state index in [-0.39, 0.29) is 11.3 Å². The van der Waals surface area contributed by atoms with Crippen LogP contribution in [0.25, 0.3) is 117 Å². The van der Waals surface area contributed by atoms with Crippen LogP contribution < -0.4 is 11.3 Å². The van der Waals surface area contributed by atoms with Crippen molar-refractivity contribution >= 4 is 117 Å². The number of nitrogens with one attached hydrogen (secondary N) is 5. The SMILES string of the molecule is CC.CC.CC.CC.CC.CC.CC.CC.CC.CC.CC.Cn1cnc2cccnc21.Cn1cnc2cnccc21.Cn1cnc2cncnc21.Cn1cnc2nccnc21.O=c1ccc2ccccc2o1.O=c1occc2ccccc12.c1cc2[nH]ccn2c1.c1cc2nc[nH]c2cn1.c1cnc2[nH]cnc2n1.c1cnc2nc[nH]c2c1.c1ncc2[nH]cnc2n1. The maximum absolute atomic E-state index is 11.0. The number of benzene rings is 2. The third-order valence-corrected chi connectivity index (χ3v) is 14.7. The van der Waals surface area contributed by atoms with E-state index in [1.807, 2.05) is 307 Å². The van der Waals surface area contributed by atoms with Crippen LogP contribution in [0.15, 0.2) is 296 Å². The molecule has 22 aromatic rings. The first kappa shape index (κ1) is 110. The number of rotatable bonds is 0. The summed E-state index contributed by atoms with van der Waals surface area (Å²) >= 11 is 0. The molecular weight excluding hydrogens is 1610 g/mol. The van der Waals surface area contributed by atoms with Crippen molar-refractivity contribution in [3.05, 3.63) is 299 Å². The van der Waals surface area contributed by atoms with E-state index in [4.69, 9.17) is 4.42 Å². The molecule has 0 amide bonds. The Labute approximate surface area is 748 Å². The minimum absolute atomic E-state index is 0.275. The fraction of sp³-hybridized carbons (Fsp3) is 0.277. The van der Waals surface area contributed by atoms with Gasteiger partial charge in [0.2, 0.25) is 0 Å². The highest BCUT2D eigenvalue weighted by atomic mass is 16.4. The second kappa shape index (κ2) is 68.8. The zero-order valence-electron chi connectivity index (χ0n) is 78.8. The number of fused-ring (bicyclic) bond motifs is 11. The second-order valence-electron chi connectivity index (χ2n) is 21.8. The molecule has 0 atom stereocenters. The van der Waals surface area contributed by atoms with E-state index in [0.29, 0.717) is 27.9 Å². The number of para-hydroxylation sites is 1. The van der Waals surface area contributed by atoms with Gasteiger partial charge in [0.25, 0.3) is 0 Å². The van der Waals surface area contributed by atoms with Gasteiger partial charge in [0.15, 0.2) is 45.2 Å². The van der Waals surface area contributed by atoms with Crippen LogP contribution in [0.2, 0.25) is 0 Å². The summed E-state index contributed by atoms with van der Waals surface area (Å²) in [5, 5.41) is 2.51. The molecule has 0 fully saturated rings. The van der Waals surface area contributed by atoms with Gasteiger partial charge in [0.05, 0.1) is 109 Å². The van der Waals surface area contributed by atoms with Gasteiger partial charge in [-0.2, -0.15) is 0 Å². The zero-order chi connectivity index (χ0) is 95.1. The van der Waals surface area contributed by atoms with Gasteiger partial charge >= 0.3 is 11.3 Å². The van der Waals surface area contributed by atoms with E-state index >= 15 is 0 Å². The molecule has 0 saturated carbocycles. The van der Waals surface area contributed by atoms with Gasteiger partial charge in [0.1, 0.15) is 46.0 Å². The molecule has 0 radical (unpaired) electrons. The molecule has 0 bridgehead atoms. The second-order valence-corrected chi connectivity index (χ2v) is 21.8. The van der Waals surface area contributed by atoms with Crippen LogP contribution in [0.4, 0.5) is 0 Å². The third kappa shape index (κ3) is 36.8. The molecule has 20 heterocycles. The maximum Gasteiger partial charge on any atom is 0.343 e. The van der Waals surface area contributed by atoms with E-state index in [2.05, 4.69) is 129 Å². The minimum atomic E-state index is -0.302. The molecule has 20 aromatic heterocycles. The summed E-state index contributed by atoms with van der Waals surface area (Å²) in [4.78, 5) is 116. The summed E-state index contributed by atoms with van der Waals surface area (Å²) in [6.45, 7) is 44.0. The number of H-pyrrole nitrogens is 5. The highest BCUT2D eigenvalue weighted by Gasteiger charge is 2.02. The maximum atomic E-state index is 11.0. The molecule has 0 saturated heterocycles. The van der Waals surface area contributed by atoms with Crippen LogP contribution in [0, 0.1) is 0 Å². The number of hydrogen-bond donors (Lipinski definition) is 5. The van der Waals surface area contributed by atoms with Crippen LogP contribution in [0.3, 0.4) is 0 Å². The summed E-state index contributed by atoms with van der Waals surface area (Å²) in [5.74, 6) is 0. The first-order chi connectivity index (χ1) is 63.1. The Morgan fingerprint density at radius 2 is 0.828 bits per heavy atom. The Morgan fingerprint density at radius 3 is 1.48 bits per heavy atom. The number of hydrogen-bond acceptors (Lipinski definition) is 24. The quantitative estimate of drug-likeness (QED) is 0.0880. The summed E-state index contributed by atoms with van der Waals surface area (Å²) in [5.41, 5.74) is 15.1. The average molecular weight is 1740 g/mol. The highest BCUT2D eigenvalue weighted by molar-refractivity contribution is 5.81. The van der Waals surface area contributed by atoms with Crippen molar-refractivity contribution in [2.75, 3.05) is 0 Å². The lowest BCUT2D eigenvalue weighted by Crippen LogP contribution is -1.96. The number of nitrogens with zero attached hydrogens (tertiary/aromatic N) is 25. The van der Waals surface area contributed by atoms with Crippen LogP contribution in [-0.4, -0.2) is 147 Å². The Morgan fingerprint density at radius 1 is 0.312 bits per heavy atom. The van der Waals surface area contributed by atoms with Crippen molar-refractivity contribution in [2.45, 2.75) is 152 Å². The van der Waals surface area contributed by atoms with Crippen molar-refractivity contribution < 1.29 is 8.83 Å². The van der Waals surface area contributed by atoms with E-state index < -0.39 is 0 Å². The molecule has 0 aliphatic carbocycles. The average Bonchev–Trinajstić information content (AvgIpc) is 1.49. The number of pyridine rings is 4. The number of aromatic amines is 5. The van der Waals surface area contributed by atoms with Crippen LogP contribution in [0.5, 0.6) is 0 Å². The lowest BCUT2D eigenvalue weighted by atomic mass is 10.2. The molecule has 0 aliphatic heterocycles. The van der Waals surface area contributed by atoms with Gasteiger partial charge in [-0.15, -0.1) is 0 Å². The summed E-state index contributed by atoms with van der Waals surface area (Å²) in [6.07, 6.45) is 44.1. The normalized spacial score (nSPS) is 9.08. The molecule has 0 aliphatic rings. The smallest absolute Gasteiger partial charge is 0.343 e. The predicted molar refractivity (Wildman–Crippen MR) is 522 cm³/mol. The van der Waals surface area contributed by atoms with Gasteiger partial charge < -0.3 is 56.4 Å². The van der Waals surface area contributed by atoms with Gasteiger partial charge in [-0.3, -0.25) is 9.97 Å². The Balaban J connectivity index is 0.000000689. The molecule has 678 valence electrons. The number of aromatic nitrogens is 30. The van der Waals surface area contributed by atoms with Crippen molar-refractivity contribution in [3.8, 4) is 0 Å². The summed E-state index contributed by atoms with van der Waals surface area (Å²) in [7, 11) is 7.70. The zero-order valence-corrected chi connectivity index (χ0v) is 78.8. The molecule has 128 heavy (non-hydrogen) atoms. The topological polar surface area (TPSA) is 421 Å². The molecular formula is C94H128N30O4. The predicted octanol–water partition coefficient (Wildman–Crippen LogP) is 21.4. The molecule has 2 aromatic carbocycles. The lowest BCUT2D eigenvalue weighted by Gasteiger charge is -1.91. The third-order valence-electron chi connectivity index (χ3n) is 14.7. The van der Waals surface area contributed by atoms with Crippen molar-refractivity contribution in [3.63, 3.8) is 0 Å². The number of aryl methyl sites for hydroxylation is 4. The van der Waals surface area contributed by atoms with Crippen LogP contribution >= 0.6 is 0 Å². The monoisotopic (exact) mass is 1740 g/mol. The minimum Gasteiger partial charge on any atom is -0.431 e. The number of imidazole rings is 9. The molecule has 0 unspecified atom stereocenters. The van der Waals surface area contributed by atoms with Gasteiger partial charge in [-0.05, 0) is 78.2 Å². The standard InChI is InChI=1S/2C9H6O2.2C7H7N3.2C6H6N4.2C6H5N3.C6H6N2.2C5H4N4.11C2H6/c10-9-8-4-2-1-3-7(8)5-6-11-9;10-9-6-5-7-3-1-2-4-8(7)11-9;1-10-5-9-6-4-8-3-2-7(6)10;1-10-5-9-6-3-2-4-8-7(6)10;1-10-4-9-5-2-7-3-8-6(5)10;1-10-4-9-5-6(10)8-3-2-7-5;1-2-7-3-6-5(1)8-4-9-6;1-2-5-6(7-3-1)9-4-8-5;1-2-6-7-3-5-8(6)4-1;1-4-5(8-2-6-1)9-3-7-4;1-2-7-5-4(6-1)8-3-9-5;11*1-2/h2*1-6H;2*2-5H,1H3;2*2-4H,1H3;1-4H,(H,8,9);1-4H,(H,7,8,9);1-5,7H;2*1-3H,(H,6,7,8,9);11*1-2H3. The molecule has 0 spiro atoms. The molecule has 34 nitrogen and oxygen atoms in total. The Kier molecular flexibility index (Phi) is 59.4. The molecule has 5 N–H and O–H groups in total. The van der Waals surface area contributed by atoms with Crippen molar-refractivity contribution in [1.29, 1.82) is 0 Å². The van der Waals surface area contributed by atoms with E-state index in [1.54, 1.807) is 149 Å². The first-order valence-corrected chi connectivity index (χ1v) is 42.9. The highest BCUT2D eigenvalue weighted by Crippen LogP contribution is 2.13. The molecule has 34 heteroatoms. The van der Waals surface area contributed by atoms with Gasteiger partial charge in [-0.25, -0.2) is 99.3 Å². The first-order valence-electron chi connectivity index (χ1n) is 42.9. The van der Waals surface area contributed by atoms with Crippen molar-refractivity contribution in [1.82, 2.24) is 147 Å².